The van der Waals surface area contributed by atoms with Gasteiger partial charge in [0.05, 0.1) is 24.3 Å². The second-order valence-corrected chi connectivity index (χ2v) is 9.80. The first kappa shape index (κ1) is 25.7. The third kappa shape index (κ3) is 5.71. The molecule has 2 aromatic rings. The molecule has 1 aliphatic heterocycles. The second-order valence-electron chi connectivity index (χ2n) is 8.96. The van der Waals surface area contributed by atoms with Gasteiger partial charge in [0.25, 0.3) is 0 Å². The number of benzene rings is 2. The Labute approximate surface area is 211 Å². The first-order valence-electron chi connectivity index (χ1n) is 11.4. The first-order valence-corrected chi connectivity index (χ1v) is 12.1. The number of rotatable bonds is 8. The first-order chi connectivity index (χ1) is 16.7. The highest BCUT2D eigenvalue weighted by molar-refractivity contribution is 6.34. The fourth-order valence-corrected chi connectivity index (χ4v) is 5.03. The molecule has 1 atom stereocenters. The van der Waals surface area contributed by atoms with E-state index in [0.717, 1.165) is 18.4 Å². The molecule has 35 heavy (non-hydrogen) atoms. The molecule has 1 saturated heterocycles. The van der Waals surface area contributed by atoms with Gasteiger partial charge >= 0.3 is 11.9 Å². The van der Waals surface area contributed by atoms with Crippen LogP contribution >= 0.6 is 23.2 Å². The van der Waals surface area contributed by atoms with Crippen LogP contribution in [-0.2, 0) is 9.53 Å². The zero-order valence-electron chi connectivity index (χ0n) is 19.0. The molecule has 6 nitrogen and oxygen atoms in total. The minimum atomic E-state index is -1.21. The summed E-state index contributed by atoms with van der Waals surface area (Å²) >= 11 is 11.9. The molecule has 0 amide bonds. The molecule has 2 aliphatic rings. The van der Waals surface area contributed by atoms with Gasteiger partial charge in [0.2, 0.25) is 0 Å². The molecule has 1 saturated carbocycles. The Morgan fingerprint density at radius 2 is 1.80 bits per heavy atom. The minimum absolute atomic E-state index is 0.0695. The van der Waals surface area contributed by atoms with Gasteiger partial charge in [-0.15, -0.1) is 0 Å². The van der Waals surface area contributed by atoms with Gasteiger partial charge in [-0.25, -0.2) is 13.6 Å². The Morgan fingerprint density at radius 3 is 2.40 bits per heavy atom. The molecular formula is C25H25Cl2F2NO5. The van der Waals surface area contributed by atoms with Crippen molar-refractivity contribution >= 4 is 35.1 Å². The standard InChI is InChI=1S/C25H25Cl2F2NO5/c1-34-25(33)17-10-16(14-2-3-14)21(11-20(17)28)35-12-13-4-6-30(7-5-13)23(24(31)32)18-8-15(26)9-19(27)22(18)29/h8-11,13-14,23H,2-7,12H2,1H3,(H,31,32). The van der Waals surface area contributed by atoms with Gasteiger partial charge in [-0.3, -0.25) is 9.69 Å². The largest absolute Gasteiger partial charge is 0.493 e. The van der Waals surface area contributed by atoms with Crippen molar-refractivity contribution < 1.29 is 33.0 Å². The summed E-state index contributed by atoms with van der Waals surface area (Å²) in [6.07, 6.45) is 3.12. The fourth-order valence-electron chi connectivity index (χ4n) is 4.52. The third-order valence-electron chi connectivity index (χ3n) is 6.56. The van der Waals surface area contributed by atoms with Crippen molar-refractivity contribution in [3.8, 4) is 5.75 Å². The number of esters is 1. The summed E-state index contributed by atoms with van der Waals surface area (Å²) in [5, 5.41) is 9.75. The van der Waals surface area contributed by atoms with Crippen LogP contribution in [0.4, 0.5) is 8.78 Å². The van der Waals surface area contributed by atoms with Gasteiger partial charge in [0.15, 0.2) is 0 Å². The predicted molar refractivity (Wildman–Crippen MR) is 126 cm³/mol. The molecule has 1 unspecified atom stereocenters. The Balaban J connectivity index is 1.42. The van der Waals surface area contributed by atoms with Crippen LogP contribution in [-0.4, -0.2) is 48.8 Å². The third-order valence-corrected chi connectivity index (χ3v) is 7.05. The Morgan fingerprint density at radius 1 is 1.11 bits per heavy atom. The molecule has 188 valence electrons. The van der Waals surface area contributed by atoms with E-state index in [9.17, 15) is 23.5 Å². The van der Waals surface area contributed by atoms with E-state index in [0.29, 0.717) is 38.3 Å². The number of hydrogen-bond donors (Lipinski definition) is 1. The Bertz CT molecular complexity index is 1130. The summed E-state index contributed by atoms with van der Waals surface area (Å²) in [6.45, 7) is 1.12. The highest BCUT2D eigenvalue weighted by atomic mass is 35.5. The van der Waals surface area contributed by atoms with E-state index in [1.165, 1.54) is 31.4 Å². The number of likely N-dealkylation sites (tertiary alicyclic amines) is 1. The molecule has 2 aromatic carbocycles. The van der Waals surface area contributed by atoms with Crippen LogP contribution in [0.15, 0.2) is 24.3 Å². The summed E-state index contributed by atoms with van der Waals surface area (Å²) in [7, 11) is 1.21. The number of carboxylic acid groups (broad SMARTS) is 1. The molecule has 2 fully saturated rings. The summed E-state index contributed by atoms with van der Waals surface area (Å²) in [5.74, 6) is -2.66. The quantitative estimate of drug-likeness (QED) is 0.342. The lowest BCUT2D eigenvalue weighted by molar-refractivity contribution is -0.144. The molecule has 0 spiro atoms. The van der Waals surface area contributed by atoms with Gasteiger partial charge in [-0.05, 0) is 74.4 Å². The van der Waals surface area contributed by atoms with Gasteiger partial charge < -0.3 is 14.6 Å². The Kier molecular flexibility index (Phi) is 7.83. The van der Waals surface area contributed by atoms with Crippen LogP contribution < -0.4 is 4.74 Å². The number of halogens is 4. The summed E-state index contributed by atoms with van der Waals surface area (Å²) in [5.41, 5.74) is 0.617. The van der Waals surface area contributed by atoms with Crippen LogP contribution in [0.5, 0.6) is 5.75 Å². The van der Waals surface area contributed by atoms with Crippen molar-refractivity contribution in [1.29, 1.82) is 0 Å². The normalized spacial score (nSPS) is 17.7. The number of piperidine rings is 1. The van der Waals surface area contributed by atoms with Gasteiger partial charge in [0, 0.05) is 16.7 Å². The highest BCUT2D eigenvalue weighted by Crippen LogP contribution is 2.45. The van der Waals surface area contributed by atoms with Crippen molar-refractivity contribution in [3.05, 3.63) is 62.6 Å². The number of carbonyl (C=O) groups is 2. The molecule has 1 N–H and O–H groups in total. The summed E-state index contributed by atoms with van der Waals surface area (Å²) < 4.78 is 39.7. The summed E-state index contributed by atoms with van der Waals surface area (Å²) in [6, 6.07) is 4.07. The molecule has 1 heterocycles. The molecule has 0 bridgehead atoms. The lowest BCUT2D eigenvalue weighted by atomic mass is 9.94. The van der Waals surface area contributed by atoms with Gasteiger partial charge in [-0.2, -0.15) is 0 Å². The van der Waals surface area contributed by atoms with Crippen molar-refractivity contribution in [1.82, 2.24) is 4.90 Å². The van der Waals surface area contributed by atoms with Crippen LogP contribution in [0, 0.1) is 17.6 Å². The number of carboxylic acids is 1. The molecule has 10 heteroatoms. The van der Waals surface area contributed by atoms with Gasteiger partial charge in [0.1, 0.15) is 23.4 Å². The topological polar surface area (TPSA) is 76.1 Å². The zero-order valence-corrected chi connectivity index (χ0v) is 20.5. The Hall–Kier alpha value is -2.42. The smallest absolute Gasteiger partial charge is 0.340 e. The maximum atomic E-state index is 14.6. The van der Waals surface area contributed by atoms with Crippen LogP contribution in [0.2, 0.25) is 10.0 Å². The van der Waals surface area contributed by atoms with Crippen LogP contribution in [0.1, 0.15) is 59.1 Å². The fraction of sp³-hybridized carbons (Fsp3) is 0.440. The lowest BCUT2D eigenvalue weighted by Crippen LogP contribution is -2.41. The van der Waals surface area contributed by atoms with E-state index in [-0.39, 0.29) is 33.0 Å². The second kappa shape index (κ2) is 10.7. The van der Waals surface area contributed by atoms with Gasteiger partial charge in [-0.1, -0.05) is 23.2 Å². The average molecular weight is 528 g/mol. The van der Waals surface area contributed by atoms with Crippen molar-refractivity contribution in [2.75, 3.05) is 26.8 Å². The maximum absolute atomic E-state index is 14.6. The highest BCUT2D eigenvalue weighted by Gasteiger charge is 2.34. The monoisotopic (exact) mass is 527 g/mol. The molecular weight excluding hydrogens is 503 g/mol. The molecule has 1 aliphatic carbocycles. The number of methoxy groups -OCH3 is 1. The number of hydrogen-bond acceptors (Lipinski definition) is 5. The number of ether oxygens (including phenoxy) is 2. The minimum Gasteiger partial charge on any atom is -0.493 e. The number of nitrogens with zero attached hydrogens (tertiary/aromatic N) is 1. The van der Waals surface area contributed by atoms with E-state index in [1.54, 1.807) is 4.90 Å². The summed E-state index contributed by atoms with van der Waals surface area (Å²) in [4.78, 5) is 25.6. The van der Waals surface area contributed by atoms with E-state index >= 15 is 0 Å². The van der Waals surface area contributed by atoms with Crippen molar-refractivity contribution in [2.45, 2.75) is 37.6 Å². The zero-order chi connectivity index (χ0) is 25.3. The van der Waals surface area contributed by atoms with E-state index in [4.69, 9.17) is 27.9 Å². The molecule has 4 rings (SSSR count). The number of aliphatic carboxylic acids is 1. The average Bonchev–Trinajstić information content (AvgIpc) is 3.66. The van der Waals surface area contributed by atoms with E-state index in [2.05, 4.69) is 4.74 Å². The van der Waals surface area contributed by atoms with Crippen molar-refractivity contribution in [3.63, 3.8) is 0 Å². The molecule has 0 aromatic heterocycles. The van der Waals surface area contributed by atoms with E-state index in [1.807, 2.05) is 0 Å². The van der Waals surface area contributed by atoms with Crippen LogP contribution in [0.3, 0.4) is 0 Å². The maximum Gasteiger partial charge on any atom is 0.340 e. The predicted octanol–water partition coefficient (Wildman–Crippen LogP) is 5.85. The number of carbonyl (C=O) groups excluding carboxylic acids is 1. The van der Waals surface area contributed by atoms with Crippen LogP contribution in [0.25, 0.3) is 0 Å². The van der Waals surface area contributed by atoms with Crippen molar-refractivity contribution in [2.24, 2.45) is 5.92 Å². The van der Waals surface area contributed by atoms with E-state index < -0.39 is 29.6 Å². The lowest BCUT2D eigenvalue weighted by Gasteiger charge is -2.36. The SMILES string of the molecule is COC(=O)c1cc(C2CC2)c(OCC2CCN(C(C(=O)O)c3cc(Cl)cc(Cl)c3F)CC2)cc1F. The molecule has 0 radical (unpaired) electrons.